The molecule has 1 heterocycles. The molecule has 13 heavy (non-hydrogen) atoms. The smallest absolute Gasteiger partial charge is 0.0567 e. The van der Waals surface area contributed by atoms with E-state index in [0.29, 0.717) is 5.41 Å². The maximum atomic E-state index is 5.65. The second-order valence-electron chi connectivity index (χ2n) is 4.15. The highest BCUT2D eigenvalue weighted by Crippen LogP contribution is 2.32. The topological polar surface area (TPSA) is 18.5 Å². The van der Waals surface area contributed by atoms with Crippen LogP contribution in [0.25, 0.3) is 0 Å². The van der Waals surface area contributed by atoms with Gasteiger partial charge in [0.05, 0.1) is 19.8 Å². The zero-order chi connectivity index (χ0) is 9.57. The van der Waals surface area contributed by atoms with E-state index in [1.807, 2.05) is 0 Å². The molecule has 0 atom stereocenters. The van der Waals surface area contributed by atoms with Crippen molar-refractivity contribution in [1.82, 2.24) is 0 Å². The van der Waals surface area contributed by atoms with Crippen LogP contribution < -0.4 is 0 Å². The van der Waals surface area contributed by atoms with Gasteiger partial charge in [0.25, 0.3) is 0 Å². The summed E-state index contributed by atoms with van der Waals surface area (Å²) in [5.74, 6) is 0. The maximum Gasteiger partial charge on any atom is 0.0567 e. The lowest BCUT2D eigenvalue weighted by Crippen LogP contribution is -2.46. The predicted octanol–water partition coefficient (Wildman–Crippen LogP) is 2.62. The van der Waals surface area contributed by atoms with Crippen LogP contribution in [0.4, 0.5) is 0 Å². The molecule has 0 aromatic carbocycles. The Labute approximate surface area is 81.6 Å². The first-order valence-electron chi connectivity index (χ1n) is 5.48. The summed E-state index contributed by atoms with van der Waals surface area (Å²) in [6.45, 7) is 8.06. The first kappa shape index (κ1) is 11.0. The molecular weight excluding hydrogens is 164 g/mol. The minimum Gasteiger partial charge on any atom is -0.381 e. The lowest BCUT2D eigenvalue weighted by atomic mass is 9.82. The quantitative estimate of drug-likeness (QED) is 0.569. The third kappa shape index (κ3) is 3.28. The lowest BCUT2D eigenvalue weighted by Gasteiger charge is -2.41. The molecule has 1 aliphatic heterocycles. The number of ether oxygens (including phenoxy) is 2. The number of unbranched alkanes of at least 4 members (excludes halogenated alkanes) is 1. The molecule has 0 aromatic heterocycles. The molecule has 1 rings (SSSR count). The molecular formula is C11H22O2. The van der Waals surface area contributed by atoms with Crippen LogP contribution in [-0.2, 0) is 9.47 Å². The van der Waals surface area contributed by atoms with Crippen LogP contribution >= 0.6 is 0 Å². The van der Waals surface area contributed by atoms with E-state index in [2.05, 4.69) is 13.8 Å². The van der Waals surface area contributed by atoms with Crippen molar-refractivity contribution in [3.63, 3.8) is 0 Å². The van der Waals surface area contributed by atoms with Crippen LogP contribution in [0.1, 0.15) is 39.5 Å². The van der Waals surface area contributed by atoms with Crippen molar-refractivity contribution in [3.05, 3.63) is 0 Å². The summed E-state index contributed by atoms with van der Waals surface area (Å²) >= 11 is 0. The van der Waals surface area contributed by atoms with E-state index in [1.165, 1.54) is 25.7 Å². The second-order valence-corrected chi connectivity index (χ2v) is 4.15. The van der Waals surface area contributed by atoms with E-state index in [-0.39, 0.29) is 0 Å². The van der Waals surface area contributed by atoms with Gasteiger partial charge in [0.2, 0.25) is 0 Å². The summed E-state index contributed by atoms with van der Waals surface area (Å²) in [4.78, 5) is 0. The van der Waals surface area contributed by atoms with Crippen LogP contribution in [0, 0.1) is 5.41 Å². The minimum atomic E-state index is 0.377. The summed E-state index contributed by atoms with van der Waals surface area (Å²) in [6.07, 6.45) is 4.89. The van der Waals surface area contributed by atoms with E-state index in [4.69, 9.17) is 9.47 Å². The van der Waals surface area contributed by atoms with Crippen molar-refractivity contribution in [2.45, 2.75) is 39.5 Å². The molecule has 1 saturated heterocycles. The third-order valence-electron chi connectivity index (χ3n) is 2.65. The molecule has 0 aromatic rings. The number of rotatable bonds is 7. The van der Waals surface area contributed by atoms with Gasteiger partial charge in [-0.25, -0.2) is 0 Å². The molecule has 1 fully saturated rings. The fraction of sp³-hybridized carbons (Fsp3) is 1.00. The Hall–Kier alpha value is -0.0800. The van der Waals surface area contributed by atoms with Gasteiger partial charge in [0.15, 0.2) is 0 Å². The van der Waals surface area contributed by atoms with Crippen molar-refractivity contribution in [2.24, 2.45) is 5.41 Å². The molecule has 0 unspecified atom stereocenters. The number of hydrogen-bond donors (Lipinski definition) is 0. The van der Waals surface area contributed by atoms with Gasteiger partial charge in [0.1, 0.15) is 0 Å². The van der Waals surface area contributed by atoms with Crippen LogP contribution in [0.3, 0.4) is 0 Å². The van der Waals surface area contributed by atoms with Crippen molar-refractivity contribution >= 4 is 0 Å². The van der Waals surface area contributed by atoms with Crippen molar-refractivity contribution in [2.75, 3.05) is 26.4 Å². The predicted molar refractivity (Wildman–Crippen MR) is 53.9 cm³/mol. The van der Waals surface area contributed by atoms with Crippen molar-refractivity contribution in [3.8, 4) is 0 Å². The van der Waals surface area contributed by atoms with Gasteiger partial charge in [-0.05, 0) is 12.8 Å². The standard InChI is InChI=1S/C11H22O2/c1-3-5-7-12-8-11(6-4-2)9-13-10-11/h3-10H2,1-2H3. The fourth-order valence-corrected chi connectivity index (χ4v) is 1.76. The van der Waals surface area contributed by atoms with Crippen molar-refractivity contribution in [1.29, 1.82) is 0 Å². The molecule has 0 bridgehead atoms. The first-order chi connectivity index (χ1) is 6.33. The molecule has 0 N–H and O–H groups in total. The van der Waals surface area contributed by atoms with Crippen LogP contribution in [0.2, 0.25) is 0 Å². The third-order valence-corrected chi connectivity index (χ3v) is 2.65. The molecule has 78 valence electrons. The highest BCUT2D eigenvalue weighted by molar-refractivity contribution is 4.84. The lowest BCUT2D eigenvalue weighted by molar-refractivity contribution is -0.152. The summed E-state index contributed by atoms with van der Waals surface area (Å²) in [7, 11) is 0. The Morgan fingerprint density at radius 2 is 2.00 bits per heavy atom. The van der Waals surface area contributed by atoms with E-state index < -0.39 is 0 Å². The van der Waals surface area contributed by atoms with Gasteiger partial charge >= 0.3 is 0 Å². The van der Waals surface area contributed by atoms with Gasteiger partial charge in [-0.3, -0.25) is 0 Å². The Kier molecular flexibility index (Phi) is 4.74. The first-order valence-corrected chi connectivity index (χ1v) is 5.48. The SMILES string of the molecule is CCCCOCC1(CCC)COC1. The molecule has 2 heteroatoms. The Bertz CT molecular complexity index is 130. The average Bonchev–Trinajstić information content (AvgIpc) is 2.08. The maximum absolute atomic E-state index is 5.65. The molecule has 0 spiro atoms. The molecule has 0 amide bonds. The van der Waals surface area contributed by atoms with Crippen LogP contribution in [-0.4, -0.2) is 26.4 Å². The number of hydrogen-bond acceptors (Lipinski definition) is 2. The summed E-state index contributed by atoms with van der Waals surface area (Å²) in [6, 6.07) is 0. The Morgan fingerprint density at radius 3 is 2.46 bits per heavy atom. The normalized spacial score (nSPS) is 19.8. The second kappa shape index (κ2) is 5.61. The molecule has 0 saturated carbocycles. The Morgan fingerprint density at radius 1 is 1.23 bits per heavy atom. The van der Waals surface area contributed by atoms with Crippen LogP contribution in [0.5, 0.6) is 0 Å². The zero-order valence-corrected chi connectivity index (χ0v) is 8.97. The van der Waals surface area contributed by atoms with Gasteiger partial charge in [0, 0.05) is 12.0 Å². The van der Waals surface area contributed by atoms with E-state index >= 15 is 0 Å². The minimum absolute atomic E-state index is 0.377. The Balaban J connectivity index is 2.09. The van der Waals surface area contributed by atoms with Gasteiger partial charge in [-0.2, -0.15) is 0 Å². The average molecular weight is 186 g/mol. The van der Waals surface area contributed by atoms with E-state index in [1.54, 1.807) is 0 Å². The molecule has 1 aliphatic rings. The van der Waals surface area contributed by atoms with Gasteiger partial charge in [-0.1, -0.05) is 26.7 Å². The monoisotopic (exact) mass is 186 g/mol. The van der Waals surface area contributed by atoms with E-state index in [0.717, 1.165) is 26.4 Å². The summed E-state index contributed by atoms with van der Waals surface area (Å²) < 4.78 is 10.9. The van der Waals surface area contributed by atoms with Gasteiger partial charge in [-0.15, -0.1) is 0 Å². The van der Waals surface area contributed by atoms with E-state index in [9.17, 15) is 0 Å². The summed E-state index contributed by atoms with van der Waals surface area (Å²) in [5, 5.41) is 0. The molecule has 0 aliphatic carbocycles. The summed E-state index contributed by atoms with van der Waals surface area (Å²) in [5.41, 5.74) is 0.377. The highest BCUT2D eigenvalue weighted by Gasteiger charge is 2.37. The van der Waals surface area contributed by atoms with Crippen LogP contribution in [0.15, 0.2) is 0 Å². The molecule has 2 nitrogen and oxygen atoms in total. The largest absolute Gasteiger partial charge is 0.381 e. The highest BCUT2D eigenvalue weighted by atomic mass is 16.5. The van der Waals surface area contributed by atoms with Gasteiger partial charge < -0.3 is 9.47 Å². The molecule has 0 radical (unpaired) electrons. The zero-order valence-electron chi connectivity index (χ0n) is 8.97. The van der Waals surface area contributed by atoms with Crippen molar-refractivity contribution < 1.29 is 9.47 Å². The fourth-order valence-electron chi connectivity index (χ4n) is 1.76.